The minimum absolute atomic E-state index is 0.0622. The van der Waals surface area contributed by atoms with Crippen LogP contribution in [-0.2, 0) is 46.3 Å². The molecule has 0 saturated heterocycles. The molecule has 0 aliphatic heterocycles. The molecule has 0 aromatic heterocycles. The zero-order chi connectivity index (χ0) is 72.5. The molecule has 14 atom stereocenters. The summed E-state index contributed by atoms with van der Waals surface area (Å²) in [4.78, 5) is 11.1. The van der Waals surface area contributed by atoms with Gasteiger partial charge in [0, 0.05) is 31.7 Å². The maximum atomic E-state index is 11.6. The van der Waals surface area contributed by atoms with Crippen molar-refractivity contribution >= 4 is 53.5 Å². The smallest absolute Gasteiger partial charge is 0.264 e. The largest absolute Gasteiger partial charge is 0.414 e. The SMILES string of the molecule is CC(C)(C)[Si](C)(C)O[C@@H]1C=CCCC1.CC(C)(C)[Si](C)(C)O[C@H]1CCC[C@@H](N=[N+]=[N-])[C@H]1N=[N+]=[N-].CC(C)(C)[Si](C)(C)O[C@H]1CCC[C@H](O)[C@@H]1O.CC(C)(C)[Si](C)(C)O[C@H]1CCC[C@H](OS(C)(=O)=O)[C@@H]1OS(C)(=O)=O.OC1C=CCCC1.[N-]=[N+]=N[C@H]1[C@@H](O)CCC[C@H]1N=[N+]=[N-]. The second-order valence-electron chi connectivity index (χ2n) is 31.8. The standard InChI is InChI=1S/C14H30O7S2Si.C12H24N6OSi.C12H26O3Si.C12H24OSi.C6H10N6O.C6H10O/c1-14(2,3)24(6,7)21-12-10-8-9-11(19-22(4,15)16)13(12)20-23(5,17)18;1-12(2,3)20(4,5)19-10-8-6-7-9(15-17-13)11(10)16-18-14;1-12(2,3)16(4,5)15-10-8-6-7-9(13)11(10)14;1-12(2,3)14(4,5)13-11-9-7-6-8-10-11;7-11-9-4-2-1-3-5(13)6(4)10-12-8;7-6-4-2-1-3-5-6/h11-13H,8-10H2,1-7H3;9-11H,6-8H2,1-5H3;9-11,13-14H,6-8H2,1-5H3;7,9,11H,6,8,10H2,1-5H3;4-6,13H,1-3H2;2,4,6-7H,1,3,5H2/t11-,12-,13-;9-,10+,11-;9-,10-,11-;11-;4-,5+,6-;/m01011./s1. The highest BCUT2D eigenvalue weighted by Gasteiger charge is 2.48. The second kappa shape index (κ2) is 39.2. The Kier molecular flexibility index (Phi) is 37.1. The maximum Gasteiger partial charge on any atom is 0.264 e. The molecule has 0 aromatic carbocycles. The van der Waals surface area contributed by atoms with Gasteiger partial charge in [0.25, 0.3) is 20.2 Å². The quantitative estimate of drug-likeness (QED) is 0.0279. The Balaban J connectivity index is 0.000000580. The summed E-state index contributed by atoms with van der Waals surface area (Å²) in [5.41, 5.74) is 33.9. The Morgan fingerprint density at radius 3 is 1.19 bits per heavy atom. The molecule has 26 nitrogen and oxygen atoms in total. The molecule has 6 aliphatic rings. The molecule has 0 aromatic rings. The van der Waals surface area contributed by atoms with Gasteiger partial charge in [0.15, 0.2) is 33.3 Å². The van der Waals surface area contributed by atoms with Crippen molar-refractivity contribution in [2.24, 2.45) is 20.5 Å². The number of aliphatic hydroxyl groups is 4. The van der Waals surface area contributed by atoms with E-state index in [0.717, 1.165) is 70.3 Å². The first-order valence-electron chi connectivity index (χ1n) is 33.6. The molecule has 4 fully saturated rings. The summed E-state index contributed by atoms with van der Waals surface area (Å²) in [6.45, 7) is 43.7. The summed E-state index contributed by atoms with van der Waals surface area (Å²) >= 11 is 0. The van der Waals surface area contributed by atoms with Crippen LogP contribution in [0.2, 0.25) is 72.5 Å². The van der Waals surface area contributed by atoms with Crippen LogP contribution in [0.25, 0.3) is 41.8 Å². The van der Waals surface area contributed by atoms with Gasteiger partial charge in [-0.2, -0.15) is 16.8 Å². The summed E-state index contributed by atoms with van der Waals surface area (Å²) in [7, 11) is -15.0. The molecule has 544 valence electrons. The lowest BCUT2D eigenvalue weighted by molar-refractivity contribution is -0.0789. The molecule has 1 unspecified atom stereocenters. The third-order valence-corrected chi connectivity index (χ3v) is 39.0. The highest BCUT2D eigenvalue weighted by atomic mass is 32.2. The van der Waals surface area contributed by atoms with Crippen LogP contribution < -0.4 is 0 Å². The minimum atomic E-state index is -3.78. The van der Waals surface area contributed by atoms with Crippen molar-refractivity contribution in [3.8, 4) is 0 Å². The molecule has 0 spiro atoms. The number of hydrogen-bond acceptors (Lipinski definition) is 18. The zero-order valence-corrected chi connectivity index (χ0v) is 66.8. The van der Waals surface area contributed by atoms with Gasteiger partial charge >= 0.3 is 0 Å². The first-order chi connectivity index (χ1) is 42.9. The molecular formula is C62H124N12O14S2Si4. The van der Waals surface area contributed by atoms with Crippen LogP contribution in [0.5, 0.6) is 0 Å². The zero-order valence-electron chi connectivity index (χ0n) is 61.2. The Bertz CT molecular complexity index is 2790. The van der Waals surface area contributed by atoms with E-state index in [1.165, 1.54) is 19.3 Å². The van der Waals surface area contributed by atoms with Crippen LogP contribution in [0.1, 0.15) is 199 Å². The number of allylic oxidation sites excluding steroid dienone is 2. The van der Waals surface area contributed by atoms with Crippen molar-refractivity contribution in [3.05, 3.63) is 66.1 Å². The van der Waals surface area contributed by atoms with E-state index < -0.39 is 108 Å². The molecule has 4 saturated carbocycles. The average molecular weight is 1440 g/mol. The molecule has 0 heterocycles. The first kappa shape index (κ1) is 89.1. The van der Waals surface area contributed by atoms with Crippen molar-refractivity contribution in [2.75, 3.05) is 12.5 Å². The minimum Gasteiger partial charge on any atom is -0.414 e. The third kappa shape index (κ3) is 32.0. The maximum absolute atomic E-state index is 11.6. The summed E-state index contributed by atoms with van der Waals surface area (Å²) in [6, 6.07) is -1.68. The number of nitrogens with zero attached hydrogens (tertiary/aromatic N) is 12. The number of hydrogen-bond donors (Lipinski definition) is 4. The Morgan fingerprint density at radius 1 is 0.415 bits per heavy atom. The molecule has 0 bridgehead atoms. The Hall–Kier alpha value is -2.91. The van der Waals surface area contributed by atoms with E-state index in [1.54, 1.807) is 0 Å². The normalized spacial score (nSPS) is 28.7. The Morgan fingerprint density at radius 2 is 0.777 bits per heavy atom. The van der Waals surface area contributed by atoms with Gasteiger partial charge in [-0.1, -0.05) is 141 Å². The lowest BCUT2D eigenvalue weighted by Gasteiger charge is -2.44. The van der Waals surface area contributed by atoms with E-state index in [4.69, 9.17) is 53.3 Å². The van der Waals surface area contributed by atoms with E-state index in [9.17, 15) is 32.2 Å². The molecule has 6 rings (SSSR count). The summed E-state index contributed by atoms with van der Waals surface area (Å²) in [5, 5.41) is 52.9. The lowest BCUT2D eigenvalue weighted by atomic mass is 9.89. The van der Waals surface area contributed by atoms with E-state index in [0.29, 0.717) is 49.7 Å². The van der Waals surface area contributed by atoms with Crippen molar-refractivity contribution in [1.82, 2.24) is 0 Å². The van der Waals surface area contributed by atoms with Crippen molar-refractivity contribution in [2.45, 2.75) is 356 Å². The van der Waals surface area contributed by atoms with E-state index >= 15 is 0 Å². The topological polar surface area (TPSA) is 400 Å². The van der Waals surface area contributed by atoms with Gasteiger partial charge in [-0.25, -0.2) is 0 Å². The number of azide groups is 4. The van der Waals surface area contributed by atoms with Gasteiger partial charge in [-0.3, -0.25) is 8.37 Å². The molecule has 4 N–H and O–H groups in total. The van der Waals surface area contributed by atoms with Crippen LogP contribution in [0.15, 0.2) is 44.8 Å². The van der Waals surface area contributed by atoms with Gasteiger partial charge in [0.2, 0.25) is 0 Å². The average Bonchev–Trinajstić information content (AvgIpc) is 0.813. The van der Waals surface area contributed by atoms with Crippen LogP contribution in [0.4, 0.5) is 0 Å². The fraction of sp³-hybridized carbons (Fsp3) is 0.935. The van der Waals surface area contributed by atoms with Crippen molar-refractivity contribution < 1.29 is 63.3 Å². The van der Waals surface area contributed by atoms with Gasteiger partial charge in [-0.05, 0) is 197 Å². The monoisotopic (exact) mass is 1440 g/mol. The second-order valence-corrected chi connectivity index (χ2v) is 54.1. The predicted molar refractivity (Wildman–Crippen MR) is 385 cm³/mol. The van der Waals surface area contributed by atoms with Gasteiger partial charge in [0.05, 0.1) is 67.3 Å². The highest BCUT2D eigenvalue weighted by molar-refractivity contribution is 7.86. The van der Waals surface area contributed by atoms with Crippen LogP contribution in [0, 0.1) is 0 Å². The number of rotatable bonds is 16. The summed E-state index contributed by atoms with van der Waals surface area (Å²) in [6.07, 6.45) is 21.7. The van der Waals surface area contributed by atoms with Gasteiger partial charge in [-0.15, -0.1) is 0 Å². The fourth-order valence-electron chi connectivity index (χ4n) is 10.2. The van der Waals surface area contributed by atoms with E-state index in [2.05, 4.69) is 188 Å². The molecular weight excluding hydrogens is 1310 g/mol. The van der Waals surface area contributed by atoms with Crippen molar-refractivity contribution in [1.29, 1.82) is 0 Å². The molecule has 6 aliphatic carbocycles. The summed E-state index contributed by atoms with van der Waals surface area (Å²) in [5.74, 6) is 0. The van der Waals surface area contributed by atoms with Gasteiger partial charge in [0.1, 0.15) is 18.3 Å². The third-order valence-electron chi connectivity index (χ3n) is 19.8. The van der Waals surface area contributed by atoms with Crippen LogP contribution >= 0.6 is 0 Å². The van der Waals surface area contributed by atoms with E-state index in [1.807, 2.05) is 12.2 Å². The highest BCUT2D eigenvalue weighted by Crippen LogP contribution is 2.43. The van der Waals surface area contributed by atoms with Crippen LogP contribution in [-0.4, -0.2) is 168 Å². The fourth-order valence-corrected chi connectivity index (χ4v) is 16.9. The first-order valence-corrected chi connectivity index (χ1v) is 48.9. The van der Waals surface area contributed by atoms with Crippen molar-refractivity contribution in [3.63, 3.8) is 0 Å². The molecule has 0 amide bonds. The van der Waals surface area contributed by atoms with E-state index in [-0.39, 0.29) is 39.5 Å². The molecule has 0 radical (unpaired) electrons. The number of aliphatic hydroxyl groups excluding tert-OH is 4. The molecule has 94 heavy (non-hydrogen) atoms. The molecule has 32 heteroatoms. The lowest BCUT2D eigenvalue weighted by Crippen LogP contribution is -2.53. The predicted octanol–water partition coefficient (Wildman–Crippen LogP) is 16.5. The Labute approximate surface area is 569 Å². The summed E-state index contributed by atoms with van der Waals surface area (Å²) < 4.78 is 81.7. The van der Waals surface area contributed by atoms with Crippen LogP contribution in [0.3, 0.4) is 0 Å². The van der Waals surface area contributed by atoms with Gasteiger partial charge < -0.3 is 38.1 Å².